The first-order valence-electron chi connectivity index (χ1n) is 8.82. The van der Waals surface area contributed by atoms with Gasteiger partial charge in [0.1, 0.15) is 0 Å². The molecule has 1 fully saturated rings. The zero-order chi connectivity index (χ0) is 19.2. The fraction of sp³-hybridized carbons (Fsp3) is 0.300. The molecule has 0 saturated carbocycles. The molecule has 140 valence electrons. The van der Waals surface area contributed by atoms with E-state index in [1.807, 2.05) is 12.1 Å². The number of anilines is 1. The molecule has 0 bridgehead atoms. The van der Waals surface area contributed by atoms with E-state index in [-0.39, 0.29) is 24.8 Å². The Morgan fingerprint density at radius 3 is 2.70 bits per heavy atom. The molecule has 1 N–H and O–H groups in total. The molecule has 1 aliphatic heterocycles. The Labute approximate surface area is 157 Å². The largest absolute Gasteiger partial charge is 0.462 e. The first-order chi connectivity index (χ1) is 13.1. The fourth-order valence-corrected chi connectivity index (χ4v) is 3.02. The Hall–Kier alpha value is -3.22. The molecule has 0 aliphatic carbocycles. The van der Waals surface area contributed by atoms with Gasteiger partial charge < -0.3 is 15.0 Å². The van der Waals surface area contributed by atoms with E-state index in [1.54, 1.807) is 48.5 Å². The monoisotopic (exact) mass is 367 g/mol. The topological polar surface area (TPSA) is 88.6 Å². The number of nitrogens with zero attached hydrogens (tertiary/aromatic N) is 2. The van der Waals surface area contributed by atoms with Gasteiger partial charge in [-0.2, -0.15) is 0 Å². The van der Waals surface area contributed by atoms with E-state index in [0.717, 1.165) is 5.56 Å². The summed E-state index contributed by atoms with van der Waals surface area (Å²) < 4.78 is 5.02. The molecule has 1 aromatic heterocycles. The number of ether oxygens (including phenoxy) is 1. The van der Waals surface area contributed by atoms with Gasteiger partial charge in [-0.05, 0) is 36.8 Å². The number of rotatable bonds is 6. The van der Waals surface area contributed by atoms with Gasteiger partial charge in [0.2, 0.25) is 11.8 Å². The van der Waals surface area contributed by atoms with Gasteiger partial charge in [-0.1, -0.05) is 12.1 Å². The van der Waals surface area contributed by atoms with Crippen LogP contribution < -0.4 is 5.32 Å². The van der Waals surface area contributed by atoms with Crippen molar-refractivity contribution in [2.45, 2.75) is 19.9 Å². The van der Waals surface area contributed by atoms with Crippen LogP contribution in [0.5, 0.6) is 0 Å². The Bertz CT molecular complexity index is 838. The lowest BCUT2D eigenvalue weighted by molar-refractivity contribution is -0.128. The van der Waals surface area contributed by atoms with Crippen LogP contribution in [-0.4, -0.2) is 40.8 Å². The molecule has 3 rings (SSSR count). The number of amides is 2. The number of hydrogen-bond donors (Lipinski definition) is 1. The Kier molecular flexibility index (Phi) is 5.80. The third-order valence-corrected chi connectivity index (χ3v) is 4.39. The summed E-state index contributed by atoms with van der Waals surface area (Å²) >= 11 is 0. The van der Waals surface area contributed by atoms with Crippen molar-refractivity contribution in [1.29, 1.82) is 0 Å². The van der Waals surface area contributed by atoms with Gasteiger partial charge in [-0.15, -0.1) is 0 Å². The minimum absolute atomic E-state index is 0.0642. The maximum absolute atomic E-state index is 12.6. The quantitative estimate of drug-likeness (QED) is 0.791. The highest BCUT2D eigenvalue weighted by Gasteiger charge is 2.34. The van der Waals surface area contributed by atoms with E-state index in [0.29, 0.717) is 24.3 Å². The summed E-state index contributed by atoms with van der Waals surface area (Å²) in [5.41, 5.74) is 1.65. The summed E-state index contributed by atoms with van der Waals surface area (Å²) in [4.78, 5) is 42.6. The van der Waals surface area contributed by atoms with Crippen molar-refractivity contribution < 1.29 is 19.1 Å². The van der Waals surface area contributed by atoms with E-state index in [1.165, 1.54) is 0 Å². The standard InChI is InChI=1S/C20H21N3O4/c1-2-27-20(26)16-5-3-4-6-17(16)22-19(25)15-11-18(24)23(13-15)12-14-7-9-21-10-8-14/h3-10,15H,2,11-13H2,1H3,(H,22,25). The van der Waals surface area contributed by atoms with Crippen LogP contribution in [-0.2, 0) is 20.9 Å². The SMILES string of the molecule is CCOC(=O)c1ccccc1NC(=O)C1CC(=O)N(Cc2ccncc2)C1. The second-order valence-corrected chi connectivity index (χ2v) is 6.29. The minimum atomic E-state index is -0.491. The number of benzene rings is 1. The van der Waals surface area contributed by atoms with Gasteiger partial charge in [0.25, 0.3) is 0 Å². The number of para-hydroxylation sites is 1. The zero-order valence-electron chi connectivity index (χ0n) is 15.1. The number of nitrogens with one attached hydrogen (secondary N) is 1. The third-order valence-electron chi connectivity index (χ3n) is 4.39. The van der Waals surface area contributed by atoms with Crippen molar-refractivity contribution in [3.8, 4) is 0 Å². The molecule has 0 spiro atoms. The van der Waals surface area contributed by atoms with Crippen molar-refractivity contribution in [3.63, 3.8) is 0 Å². The first kappa shape index (κ1) is 18.6. The fourth-order valence-electron chi connectivity index (χ4n) is 3.02. The molecule has 1 aliphatic rings. The van der Waals surface area contributed by atoms with Gasteiger partial charge in [0.15, 0.2) is 0 Å². The Morgan fingerprint density at radius 2 is 1.96 bits per heavy atom. The molecule has 27 heavy (non-hydrogen) atoms. The highest BCUT2D eigenvalue weighted by atomic mass is 16.5. The lowest BCUT2D eigenvalue weighted by Gasteiger charge is -2.17. The number of hydrogen-bond acceptors (Lipinski definition) is 5. The lowest BCUT2D eigenvalue weighted by atomic mass is 10.1. The third kappa shape index (κ3) is 4.49. The molecule has 2 amide bonds. The normalized spacial score (nSPS) is 16.3. The Morgan fingerprint density at radius 1 is 1.22 bits per heavy atom. The molecule has 1 aromatic carbocycles. The molecule has 1 atom stereocenters. The minimum Gasteiger partial charge on any atom is -0.462 e. The molecule has 1 saturated heterocycles. The van der Waals surface area contributed by atoms with Gasteiger partial charge in [-0.3, -0.25) is 14.6 Å². The first-order valence-corrected chi connectivity index (χ1v) is 8.82. The van der Waals surface area contributed by atoms with Gasteiger partial charge in [-0.25, -0.2) is 4.79 Å². The number of carbonyl (C=O) groups is 3. The van der Waals surface area contributed by atoms with Crippen LogP contribution in [0.1, 0.15) is 29.3 Å². The van der Waals surface area contributed by atoms with Crippen LogP contribution in [0.15, 0.2) is 48.8 Å². The van der Waals surface area contributed by atoms with Crippen molar-refractivity contribution in [2.24, 2.45) is 5.92 Å². The van der Waals surface area contributed by atoms with Gasteiger partial charge in [0, 0.05) is 31.9 Å². The van der Waals surface area contributed by atoms with Crippen LogP contribution in [0.3, 0.4) is 0 Å². The molecule has 0 radical (unpaired) electrons. The summed E-state index contributed by atoms with van der Waals surface area (Å²) in [6.45, 7) is 2.77. The molecule has 7 nitrogen and oxygen atoms in total. The van der Waals surface area contributed by atoms with E-state index in [4.69, 9.17) is 4.74 Å². The summed E-state index contributed by atoms with van der Waals surface area (Å²) in [7, 11) is 0. The lowest BCUT2D eigenvalue weighted by Crippen LogP contribution is -2.28. The van der Waals surface area contributed by atoms with Crippen LogP contribution in [0.25, 0.3) is 0 Å². The smallest absolute Gasteiger partial charge is 0.340 e. The van der Waals surface area contributed by atoms with E-state index < -0.39 is 11.9 Å². The van der Waals surface area contributed by atoms with Crippen molar-refractivity contribution >= 4 is 23.5 Å². The maximum Gasteiger partial charge on any atom is 0.340 e. The van der Waals surface area contributed by atoms with Crippen molar-refractivity contribution in [1.82, 2.24) is 9.88 Å². The molecular formula is C20H21N3O4. The molecule has 1 unspecified atom stereocenters. The van der Waals surface area contributed by atoms with Crippen LogP contribution >= 0.6 is 0 Å². The number of esters is 1. The van der Waals surface area contributed by atoms with E-state index in [2.05, 4.69) is 10.3 Å². The van der Waals surface area contributed by atoms with E-state index >= 15 is 0 Å². The second-order valence-electron chi connectivity index (χ2n) is 6.29. The average molecular weight is 367 g/mol. The molecule has 2 aromatic rings. The highest BCUT2D eigenvalue weighted by Crippen LogP contribution is 2.23. The van der Waals surface area contributed by atoms with Crippen molar-refractivity contribution in [2.75, 3.05) is 18.5 Å². The summed E-state index contributed by atoms with van der Waals surface area (Å²) in [5.74, 6) is -1.30. The van der Waals surface area contributed by atoms with Crippen LogP contribution in [0.2, 0.25) is 0 Å². The predicted molar refractivity (Wildman–Crippen MR) is 98.8 cm³/mol. The molecule has 2 heterocycles. The highest BCUT2D eigenvalue weighted by molar-refractivity contribution is 6.03. The van der Waals surface area contributed by atoms with Gasteiger partial charge in [0.05, 0.1) is 23.8 Å². The second kappa shape index (κ2) is 8.44. The summed E-state index contributed by atoms with van der Waals surface area (Å²) in [5, 5.41) is 2.77. The molecular weight excluding hydrogens is 346 g/mol. The number of carbonyl (C=O) groups excluding carboxylic acids is 3. The predicted octanol–water partition coefficient (Wildman–Crippen LogP) is 2.25. The number of pyridine rings is 1. The van der Waals surface area contributed by atoms with Gasteiger partial charge >= 0.3 is 5.97 Å². The molecule has 7 heteroatoms. The number of likely N-dealkylation sites (tertiary alicyclic amines) is 1. The maximum atomic E-state index is 12.6. The summed E-state index contributed by atoms with van der Waals surface area (Å²) in [6.07, 6.45) is 3.50. The van der Waals surface area contributed by atoms with Crippen LogP contribution in [0.4, 0.5) is 5.69 Å². The Balaban J connectivity index is 1.66. The summed E-state index contributed by atoms with van der Waals surface area (Å²) in [6, 6.07) is 10.4. The van der Waals surface area contributed by atoms with Crippen LogP contribution in [0, 0.1) is 5.92 Å². The average Bonchev–Trinajstić information content (AvgIpc) is 3.04. The number of aromatic nitrogens is 1. The van der Waals surface area contributed by atoms with E-state index in [9.17, 15) is 14.4 Å². The van der Waals surface area contributed by atoms with Crippen molar-refractivity contribution in [3.05, 3.63) is 59.9 Å². The zero-order valence-corrected chi connectivity index (χ0v) is 15.1.